The summed E-state index contributed by atoms with van der Waals surface area (Å²) in [7, 11) is 1.41. The standard InChI is InChI=1S/C26H38N2O8/c1-16(28-25(30)22-24(35-15-34-18(3)29)21(32-4)12-13-27-22)26(31)36-17(2)23(33-14-19-10-11-19)20-8-6-5-7-9-20/h12-13,16-17,19-20,23H,5-11,14-15H2,1-4H3,(H,28,30)/t16-,17-,23-/m0/s1. The molecule has 2 aliphatic rings. The lowest BCUT2D eigenvalue weighted by molar-refractivity contribution is -0.162. The Bertz CT molecular complexity index is 898. The van der Waals surface area contributed by atoms with E-state index in [-0.39, 0.29) is 23.3 Å². The van der Waals surface area contributed by atoms with Crippen molar-refractivity contribution in [2.24, 2.45) is 11.8 Å². The third-order valence-corrected chi connectivity index (χ3v) is 6.57. The van der Waals surface area contributed by atoms with E-state index in [0.29, 0.717) is 18.4 Å². The molecule has 3 rings (SSSR count). The van der Waals surface area contributed by atoms with Crippen LogP contribution in [0.2, 0.25) is 0 Å². The molecular formula is C26H38N2O8. The van der Waals surface area contributed by atoms with Gasteiger partial charge < -0.3 is 29.0 Å². The lowest BCUT2D eigenvalue weighted by Gasteiger charge is -2.34. The average molecular weight is 507 g/mol. The molecule has 0 bridgehead atoms. The van der Waals surface area contributed by atoms with E-state index in [0.717, 1.165) is 25.7 Å². The highest BCUT2D eigenvalue weighted by Crippen LogP contribution is 2.34. The van der Waals surface area contributed by atoms with Gasteiger partial charge in [0.1, 0.15) is 12.1 Å². The van der Waals surface area contributed by atoms with E-state index in [1.54, 1.807) is 6.92 Å². The maximum atomic E-state index is 12.9. The topological polar surface area (TPSA) is 122 Å². The SMILES string of the molecule is COc1ccnc(C(=O)N[C@@H](C)C(=O)O[C@@H](C)[C@H](OCC2CC2)C2CCCCC2)c1OCOC(C)=O. The second-order valence-corrected chi connectivity index (χ2v) is 9.57. The van der Waals surface area contributed by atoms with Crippen molar-refractivity contribution in [3.8, 4) is 11.5 Å². The molecule has 3 atom stereocenters. The van der Waals surface area contributed by atoms with E-state index >= 15 is 0 Å². The highest BCUT2D eigenvalue weighted by atomic mass is 16.7. The van der Waals surface area contributed by atoms with Gasteiger partial charge in [-0.1, -0.05) is 19.3 Å². The van der Waals surface area contributed by atoms with E-state index in [4.69, 9.17) is 23.7 Å². The minimum absolute atomic E-state index is 0.00137. The first-order valence-corrected chi connectivity index (χ1v) is 12.7. The molecule has 0 spiro atoms. The van der Waals surface area contributed by atoms with Gasteiger partial charge in [0.15, 0.2) is 17.2 Å². The van der Waals surface area contributed by atoms with Gasteiger partial charge in [0, 0.05) is 25.8 Å². The van der Waals surface area contributed by atoms with Crippen molar-refractivity contribution in [2.75, 3.05) is 20.5 Å². The maximum absolute atomic E-state index is 12.9. The molecule has 10 heteroatoms. The number of hydrogen-bond donors (Lipinski definition) is 1. The van der Waals surface area contributed by atoms with Crippen LogP contribution in [0.5, 0.6) is 11.5 Å². The number of esters is 2. The molecule has 10 nitrogen and oxygen atoms in total. The Hall–Kier alpha value is -2.88. The summed E-state index contributed by atoms with van der Waals surface area (Å²) >= 11 is 0. The Morgan fingerprint density at radius 2 is 1.83 bits per heavy atom. The quantitative estimate of drug-likeness (QED) is 0.317. The molecule has 0 saturated heterocycles. The van der Waals surface area contributed by atoms with E-state index in [1.165, 1.54) is 45.6 Å². The molecule has 200 valence electrons. The number of rotatable bonds is 13. The molecule has 2 aliphatic carbocycles. The van der Waals surface area contributed by atoms with Gasteiger partial charge in [-0.2, -0.15) is 0 Å². The van der Waals surface area contributed by atoms with Gasteiger partial charge in [0.2, 0.25) is 6.79 Å². The van der Waals surface area contributed by atoms with E-state index < -0.39 is 36.8 Å². The van der Waals surface area contributed by atoms with E-state index in [9.17, 15) is 14.4 Å². The molecule has 1 N–H and O–H groups in total. The number of ether oxygens (including phenoxy) is 5. The molecule has 36 heavy (non-hydrogen) atoms. The predicted molar refractivity (Wildman–Crippen MR) is 130 cm³/mol. The van der Waals surface area contributed by atoms with Crippen LogP contribution in [0.4, 0.5) is 0 Å². The number of nitrogens with zero attached hydrogens (tertiary/aromatic N) is 1. The summed E-state index contributed by atoms with van der Waals surface area (Å²) < 4.78 is 27.5. The first-order chi connectivity index (χ1) is 17.3. The monoisotopic (exact) mass is 506 g/mol. The minimum atomic E-state index is -0.940. The normalized spacial score (nSPS) is 18.4. The minimum Gasteiger partial charge on any atom is -0.493 e. The van der Waals surface area contributed by atoms with Crippen LogP contribution < -0.4 is 14.8 Å². The molecule has 1 heterocycles. The highest BCUT2D eigenvalue weighted by molar-refractivity contribution is 5.98. The van der Waals surface area contributed by atoms with Crippen molar-refractivity contribution in [2.45, 2.75) is 84.0 Å². The molecule has 1 amide bonds. The predicted octanol–water partition coefficient (Wildman–Crippen LogP) is 3.42. The van der Waals surface area contributed by atoms with Gasteiger partial charge in [0.05, 0.1) is 13.2 Å². The van der Waals surface area contributed by atoms with Gasteiger partial charge in [-0.25, -0.2) is 9.78 Å². The Balaban J connectivity index is 1.61. The van der Waals surface area contributed by atoms with Crippen molar-refractivity contribution in [1.82, 2.24) is 10.3 Å². The lowest BCUT2D eigenvalue weighted by Crippen LogP contribution is -2.44. The van der Waals surface area contributed by atoms with Crippen molar-refractivity contribution in [3.05, 3.63) is 18.0 Å². The smallest absolute Gasteiger partial charge is 0.328 e. The molecule has 1 aromatic heterocycles. The number of amides is 1. The lowest BCUT2D eigenvalue weighted by atomic mass is 9.83. The number of aromatic nitrogens is 1. The molecular weight excluding hydrogens is 468 g/mol. The third-order valence-electron chi connectivity index (χ3n) is 6.57. The first kappa shape index (κ1) is 27.7. The van der Waals surface area contributed by atoms with Crippen LogP contribution in [0, 0.1) is 11.8 Å². The van der Waals surface area contributed by atoms with Gasteiger partial charge in [0.25, 0.3) is 5.91 Å². The van der Waals surface area contributed by atoms with E-state index in [2.05, 4.69) is 10.3 Å². The molecule has 0 radical (unpaired) electrons. The van der Waals surface area contributed by atoms with Gasteiger partial charge >= 0.3 is 11.9 Å². The fraction of sp³-hybridized carbons (Fsp3) is 0.692. The fourth-order valence-electron chi connectivity index (χ4n) is 4.39. The maximum Gasteiger partial charge on any atom is 0.328 e. The Morgan fingerprint density at radius 1 is 1.11 bits per heavy atom. The Labute approximate surface area is 212 Å². The largest absolute Gasteiger partial charge is 0.493 e. The van der Waals surface area contributed by atoms with Gasteiger partial charge in [-0.15, -0.1) is 0 Å². The van der Waals surface area contributed by atoms with Crippen LogP contribution in [-0.4, -0.2) is 61.6 Å². The number of carbonyl (C=O) groups excluding carboxylic acids is 3. The number of carbonyl (C=O) groups is 3. The van der Waals surface area contributed by atoms with Crippen molar-refractivity contribution < 1.29 is 38.1 Å². The van der Waals surface area contributed by atoms with Gasteiger partial charge in [-0.05, 0) is 51.4 Å². The van der Waals surface area contributed by atoms with E-state index in [1.807, 2.05) is 6.92 Å². The van der Waals surface area contributed by atoms with Crippen LogP contribution in [0.25, 0.3) is 0 Å². The molecule has 2 saturated carbocycles. The highest BCUT2D eigenvalue weighted by Gasteiger charge is 2.34. The van der Waals surface area contributed by atoms with Crippen LogP contribution in [-0.2, 0) is 23.8 Å². The van der Waals surface area contributed by atoms with Crippen LogP contribution in [0.15, 0.2) is 12.3 Å². The molecule has 0 aromatic carbocycles. The number of nitrogens with one attached hydrogen (secondary N) is 1. The first-order valence-electron chi connectivity index (χ1n) is 12.7. The van der Waals surface area contributed by atoms with Crippen LogP contribution in [0.3, 0.4) is 0 Å². The van der Waals surface area contributed by atoms with Gasteiger partial charge in [-0.3, -0.25) is 9.59 Å². The molecule has 2 fully saturated rings. The zero-order chi connectivity index (χ0) is 26.1. The second kappa shape index (κ2) is 13.4. The summed E-state index contributed by atoms with van der Waals surface area (Å²) in [6.45, 7) is 4.93. The van der Waals surface area contributed by atoms with Crippen LogP contribution >= 0.6 is 0 Å². The average Bonchev–Trinajstić information content (AvgIpc) is 3.69. The van der Waals surface area contributed by atoms with Crippen molar-refractivity contribution in [3.63, 3.8) is 0 Å². The summed E-state index contributed by atoms with van der Waals surface area (Å²) in [4.78, 5) is 41.0. The zero-order valence-electron chi connectivity index (χ0n) is 21.6. The Morgan fingerprint density at radius 3 is 2.47 bits per heavy atom. The molecule has 0 unspecified atom stereocenters. The fourth-order valence-corrected chi connectivity index (χ4v) is 4.39. The zero-order valence-corrected chi connectivity index (χ0v) is 21.6. The summed E-state index contributed by atoms with van der Waals surface area (Å²) in [5.41, 5.74) is -0.109. The number of methoxy groups -OCH3 is 1. The summed E-state index contributed by atoms with van der Waals surface area (Å²) in [5, 5.41) is 2.61. The number of hydrogen-bond acceptors (Lipinski definition) is 9. The van der Waals surface area contributed by atoms with Crippen molar-refractivity contribution in [1.29, 1.82) is 0 Å². The summed E-state index contributed by atoms with van der Waals surface area (Å²) in [5.74, 6) is -0.544. The second-order valence-electron chi connectivity index (χ2n) is 9.57. The summed E-state index contributed by atoms with van der Waals surface area (Å²) in [6.07, 6.45) is 8.88. The Kier molecular flexibility index (Phi) is 10.3. The number of pyridine rings is 1. The van der Waals surface area contributed by atoms with Crippen LogP contribution in [0.1, 0.15) is 76.2 Å². The van der Waals surface area contributed by atoms with Crippen molar-refractivity contribution >= 4 is 17.8 Å². The molecule has 0 aliphatic heterocycles. The third kappa shape index (κ3) is 8.08. The summed E-state index contributed by atoms with van der Waals surface area (Å²) in [6, 6.07) is 0.566. The molecule has 1 aromatic rings.